The Morgan fingerprint density at radius 3 is 2.82 bits per heavy atom. The SMILES string of the molecule is C=C(C#N)c1ccc(CCC(C)C=S)cc1C. The van der Waals surface area contributed by atoms with Gasteiger partial charge in [-0.3, -0.25) is 0 Å². The molecule has 88 valence electrons. The summed E-state index contributed by atoms with van der Waals surface area (Å²) in [5.74, 6) is 0.471. The van der Waals surface area contributed by atoms with Gasteiger partial charge in [-0.1, -0.05) is 43.9 Å². The molecule has 0 fully saturated rings. The van der Waals surface area contributed by atoms with E-state index in [1.807, 2.05) is 18.4 Å². The molecule has 0 aromatic heterocycles. The van der Waals surface area contributed by atoms with E-state index >= 15 is 0 Å². The van der Waals surface area contributed by atoms with E-state index in [0.717, 1.165) is 24.0 Å². The van der Waals surface area contributed by atoms with Crippen molar-refractivity contribution in [3.63, 3.8) is 0 Å². The molecule has 0 bridgehead atoms. The first kappa shape index (κ1) is 13.6. The molecule has 1 aromatic carbocycles. The quantitative estimate of drug-likeness (QED) is 0.574. The minimum Gasteiger partial charge on any atom is -0.192 e. The van der Waals surface area contributed by atoms with E-state index in [9.17, 15) is 0 Å². The van der Waals surface area contributed by atoms with Gasteiger partial charge in [-0.25, -0.2) is 0 Å². The van der Waals surface area contributed by atoms with Crippen LogP contribution < -0.4 is 0 Å². The van der Waals surface area contributed by atoms with E-state index in [4.69, 9.17) is 17.5 Å². The fraction of sp³-hybridized carbons (Fsp3) is 0.333. The summed E-state index contributed by atoms with van der Waals surface area (Å²) in [6.07, 6.45) is 2.09. The normalized spacial score (nSPS) is 11.6. The molecule has 0 heterocycles. The van der Waals surface area contributed by atoms with Crippen molar-refractivity contribution in [1.29, 1.82) is 5.26 Å². The molecule has 1 rings (SSSR count). The lowest BCUT2D eigenvalue weighted by atomic mass is 9.96. The third-order valence-corrected chi connectivity index (χ3v) is 3.34. The van der Waals surface area contributed by atoms with E-state index in [-0.39, 0.29) is 0 Å². The van der Waals surface area contributed by atoms with Crippen molar-refractivity contribution < 1.29 is 0 Å². The molecule has 0 saturated heterocycles. The van der Waals surface area contributed by atoms with Gasteiger partial charge in [0.25, 0.3) is 0 Å². The average molecular weight is 243 g/mol. The van der Waals surface area contributed by atoms with Crippen LogP contribution in [-0.2, 0) is 6.42 Å². The Balaban J connectivity index is 2.79. The molecule has 1 nitrogen and oxygen atoms in total. The molecule has 0 N–H and O–H groups in total. The van der Waals surface area contributed by atoms with Gasteiger partial charge < -0.3 is 0 Å². The molecular formula is C15H17NS. The Bertz CT molecular complexity index is 468. The molecule has 1 unspecified atom stereocenters. The molecule has 0 aliphatic heterocycles. The number of aryl methyl sites for hydroxylation is 2. The zero-order chi connectivity index (χ0) is 12.8. The van der Waals surface area contributed by atoms with Gasteiger partial charge in [0.1, 0.15) is 0 Å². The van der Waals surface area contributed by atoms with Gasteiger partial charge in [0.15, 0.2) is 0 Å². The van der Waals surface area contributed by atoms with Gasteiger partial charge in [-0.05, 0) is 47.7 Å². The summed E-state index contributed by atoms with van der Waals surface area (Å²) < 4.78 is 0. The van der Waals surface area contributed by atoms with Crippen molar-refractivity contribution in [3.8, 4) is 6.07 Å². The van der Waals surface area contributed by atoms with Gasteiger partial charge in [-0.2, -0.15) is 5.26 Å². The molecule has 0 aliphatic rings. The second-order valence-electron chi connectivity index (χ2n) is 4.39. The number of nitrogens with zero attached hydrogens (tertiary/aromatic N) is 1. The van der Waals surface area contributed by atoms with Crippen LogP contribution >= 0.6 is 12.2 Å². The summed E-state index contributed by atoms with van der Waals surface area (Å²) in [7, 11) is 0. The molecule has 0 aliphatic carbocycles. The van der Waals surface area contributed by atoms with Crippen LogP contribution in [0.1, 0.15) is 30.0 Å². The number of thiocarbonyl (C=S) groups is 1. The highest BCUT2D eigenvalue weighted by Gasteiger charge is 2.04. The molecule has 17 heavy (non-hydrogen) atoms. The van der Waals surface area contributed by atoms with Gasteiger partial charge in [0.2, 0.25) is 0 Å². The molecule has 1 atom stereocenters. The molecule has 0 spiro atoms. The zero-order valence-electron chi connectivity index (χ0n) is 10.4. The standard InChI is InChI=1S/C15H17NS/c1-11(10-17)4-5-14-6-7-15(12(2)8-14)13(3)9-16/h6-8,10-11H,3-5H2,1-2H3. The highest BCUT2D eigenvalue weighted by Crippen LogP contribution is 2.19. The van der Waals surface area contributed by atoms with Crippen LogP contribution in [0.15, 0.2) is 24.8 Å². The van der Waals surface area contributed by atoms with E-state index < -0.39 is 0 Å². The summed E-state index contributed by atoms with van der Waals surface area (Å²) >= 11 is 4.91. The highest BCUT2D eigenvalue weighted by atomic mass is 32.1. The molecule has 0 radical (unpaired) electrons. The predicted molar refractivity (Wildman–Crippen MR) is 77.0 cm³/mol. The summed E-state index contributed by atoms with van der Waals surface area (Å²) in [5, 5.41) is 10.6. The van der Waals surface area contributed by atoms with Crippen LogP contribution in [0.4, 0.5) is 0 Å². The molecular weight excluding hydrogens is 226 g/mol. The number of allylic oxidation sites excluding steroid dienone is 1. The van der Waals surface area contributed by atoms with Gasteiger partial charge in [-0.15, -0.1) is 0 Å². The largest absolute Gasteiger partial charge is 0.192 e. The van der Waals surface area contributed by atoms with Crippen LogP contribution in [0.2, 0.25) is 0 Å². The number of hydrogen-bond acceptors (Lipinski definition) is 2. The molecule has 0 saturated carbocycles. The Labute approximate surface area is 109 Å². The summed E-state index contributed by atoms with van der Waals surface area (Å²) in [6.45, 7) is 7.89. The number of rotatable bonds is 5. The average Bonchev–Trinajstić information content (AvgIpc) is 2.35. The maximum atomic E-state index is 8.82. The lowest BCUT2D eigenvalue weighted by molar-refractivity contribution is 0.699. The van der Waals surface area contributed by atoms with Gasteiger partial charge in [0, 0.05) is 0 Å². The minimum absolute atomic E-state index is 0.471. The topological polar surface area (TPSA) is 23.8 Å². The Hall–Kier alpha value is -1.46. The predicted octanol–water partition coefficient (Wildman–Crippen LogP) is 4.10. The van der Waals surface area contributed by atoms with Crippen LogP contribution in [0.25, 0.3) is 5.57 Å². The van der Waals surface area contributed by atoms with E-state index in [1.54, 1.807) is 0 Å². The summed E-state index contributed by atoms with van der Waals surface area (Å²) in [6, 6.07) is 8.28. The van der Waals surface area contributed by atoms with Crippen LogP contribution in [0.5, 0.6) is 0 Å². The molecule has 0 amide bonds. The first-order valence-electron chi connectivity index (χ1n) is 5.72. The van der Waals surface area contributed by atoms with Crippen molar-refractivity contribution in [3.05, 3.63) is 41.5 Å². The number of nitriles is 1. The van der Waals surface area contributed by atoms with E-state index in [1.165, 1.54) is 5.56 Å². The maximum absolute atomic E-state index is 8.82. The van der Waals surface area contributed by atoms with Crippen molar-refractivity contribution in [2.24, 2.45) is 5.92 Å². The van der Waals surface area contributed by atoms with E-state index in [2.05, 4.69) is 31.7 Å². The fourth-order valence-corrected chi connectivity index (χ4v) is 1.88. The summed E-state index contributed by atoms with van der Waals surface area (Å²) in [5.41, 5.74) is 3.88. The molecule has 1 aromatic rings. The van der Waals surface area contributed by atoms with Gasteiger partial charge >= 0.3 is 0 Å². The van der Waals surface area contributed by atoms with Gasteiger partial charge in [0.05, 0.1) is 11.6 Å². The fourth-order valence-electron chi connectivity index (χ4n) is 1.74. The number of hydrogen-bond donors (Lipinski definition) is 0. The van der Waals surface area contributed by atoms with Crippen molar-refractivity contribution in [1.82, 2.24) is 0 Å². The monoisotopic (exact) mass is 243 g/mol. The smallest absolute Gasteiger partial charge is 0.0991 e. The first-order valence-corrected chi connectivity index (χ1v) is 6.19. The lowest BCUT2D eigenvalue weighted by Gasteiger charge is -2.08. The van der Waals surface area contributed by atoms with E-state index in [0.29, 0.717) is 11.5 Å². The Kier molecular flexibility index (Phi) is 5.06. The summed E-state index contributed by atoms with van der Waals surface area (Å²) in [4.78, 5) is 0. The van der Waals surface area contributed by atoms with Crippen molar-refractivity contribution >= 4 is 23.2 Å². The van der Waals surface area contributed by atoms with Crippen LogP contribution in [0.3, 0.4) is 0 Å². The second kappa shape index (κ2) is 6.32. The second-order valence-corrected chi connectivity index (χ2v) is 4.66. The third kappa shape index (κ3) is 3.80. The van der Waals surface area contributed by atoms with Crippen molar-refractivity contribution in [2.45, 2.75) is 26.7 Å². The maximum Gasteiger partial charge on any atom is 0.0991 e. The Morgan fingerprint density at radius 2 is 2.29 bits per heavy atom. The first-order chi connectivity index (χ1) is 8.08. The lowest BCUT2D eigenvalue weighted by Crippen LogP contribution is -1.98. The Morgan fingerprint density at radius 1 is 1.59 bits per heavy atom. The van der Waals surface area contributed by atoms with Crippen molar-refractivity contribution in [2.75, 3.05) is 0 Å². The van der Waals surface area contributed by atoms with Crippen LogP contribution in [-0.4, -0.2) is 5.37 Å². The zero-order valence-corrected chi connectivity index (χ0v) is 11.2. The third-order valence-electron chi connectivity index (χ3n) is 2.87. The number of benzene rings is 1. The minimum atomic E-state index is 0.471. The van der Waals surface area contributed by atoms with Crippen LogP contribution in [0, 0.1) is 24.2 Å². The highest BCUT2D eigenvalue weighted by molar-refractivity contribution is 7.79. The molecule has 2 heteroatoms.